The van der Waals surface area contributed by atoms with Crippen molar-refractivity contribution in [2.75, 3.05) is 13.2 Å². The van der Waals surface area contributed by atoms with Crippen LogP contribution in [-0.4, -0.2) is 18.1 Å². The lowest BCUT2D eigenvalue weighted by atomic mass is 10.2. The molecule has 0 saturated heterocycles. The standard InChI is InChI=1S/C5H14NOP/c1-5(2)4-6-8(3)7/h5-7H,4H2,1-3H3. The molecule has 3 heteroatoms. The zero-order valence-corrected chi connectivity index (χ0v) is 6.57. The molecule has 0 aromatic carbocycles. The van der Waals surface area contributed by atoms with Crippen LogP contribution in [0.1, 0.15) is 13.8 Å². The summed E-state index contributed by atoms with van der Waals surface area (Å²) in [6.45, 7) is 6.94. The molecule has 0 saturated carbocycles. The van der Waals surface area contributed by atoms with Crippen LogP contribution < -0.4 is 5.09 Å². The molecule has 0 aliphatic rings. The van der Waals surface area contributed by atoms with E-state index in [2.05, 4.69) is 18.9 Å². The highest BCUT2D eigenvalue weighted by Gasteiger charge is 1.94. The average molecular weight is 135 g/mol. The molecular formula is C5H14NOP. The first kappa shape index (κ1) is 8.35. The third kappa shape index (κ3) is 6.35. The summed E-state index contributed by atoms with van der Waals surface area (Å²) in [5, 5.41) is 2.97. The lowest BCUT2D eigenvalue weighted by Crippen LogP contribution is -2.12. The first-order valence-electron chi connectivity index (χ1n) is 2.79. The largest absolute Gasteiger partial charge is 0.359 e. The zero-order valence-electron chi connectivity index (χ0n) is 5.68. The van der Waals surface area contributed by atoms with Gasteiger partial charge < -0.3 is 4.89 Å². The second kappa shape index (κ2) is 4.25. The molecule has 0 aromatic rings. The van der Waals surface area contributed by atoms with Crippen molar-refractivity contribution in [3.05, 3.63) is 0 Å². The van der Waals surface area contributed by atoms with Gasteiger partial charge in [-0.05, 0) is 12.6 Å². The van der Waals surface area contributed by atoms with Gasteiger partial charge in [0.1, 0.15) is 0 Å². The van der Waals surface area contributed by atoms with Crippen LogP contribution in [-0.2, 0) is 0 Å². The topological polar surface area (TPSA) is 32.3 Å². The molecule has 0 radical (unpaired) electrons. The van der Waals surface area contributed by atoms with Crippen LogP contribution >= 0.6 is 8.30 Å². The van der Waals surface area contributed by atoms with Crippen molar-refractivity contribution in [2.45, 2.75) is 13.8 Å². The monoisotopic (exact) mass is 135 g/mol. The molecule has 0 aliphatic heterocycles. The van der Waals surface area contributed by atoms with E-state index < -0.39 is 8.30 Å². The Hall–Kier alpha value is 0.350. The summed E-state index contributed by atoms with van der Waals surface area (Å²) in [7, 11) is -0.883. The summed E-state index contributed by atoms with van der Waals surface area (Å²) in [6.07, 6.45) is 0. The third-order valence-corrected chi connectivity index (χ3v) is 1.37. The SMILES string of the molecule is CC(C)CNP(C)O. The van der Waals surface area contributed by atoms with Gasteiger partial charge in [0.25, 0.3) is 0 Å². The quantitative estimate of drug-likeness (QED) is 0.569. The van der Waals surface area contributed by atoms with Crippen LogP contribution in [0.3, 0.4) is 0 Å². The van der Waals surface area contributed by atoms with Gasteiger partial charge in [0.15, 0.2) is 0 Å². The van der Waals surface area contributed by atoms with E-state index >= 15 is 0 Å². The van der Waals surface area contributed by atoms with E-state index in [1.54, 1.807) is 6.66 Å². The van der Waals surface area contributed by atoms with Gasteiger partial charge in [-0.15, -0.1) is 0 Å². The van der Waals surface area contributed by atoms with E-state index in [4.69, 9.17) is 4.89 Å². The Kier molecular flexibility index (Phi) is 4.44. The van der Waals surface area contributed by atoms with Gasteiger partial charge in [-0.2, -0.15) is 0 Å². The van der Waals surface area contributed by atoms with E-state index in [1.807, 2.05) is 0 Å². The maximum atomic E-state index is 8.75. The highest BCUT2D eigenvalue weighted by Crippen LogP contribution is 2.15. The highest BCUT2D eigenvalue weighted by atomic mass is 31.2. The molecule has 0 spiro atoms. The van der Waals surface area contributed by atoms with E-state index in [9.17, 15) is 0 Å². The van der Waals surface area contributed by atoms with Crippen LogP contribution in [0.25, 0.3) is 0 Å². The normalized spacial score (nSPS) is 14.6. The molecule has 2 nitrogen and oxygen atoms in total. The summed E-state index contributed by atoms with van der Waals surface area (Å²) in [4.78, 5) is 8.75. The maximum absolute atomic E-state index is 8.75. The van der Waals surface area contributed by atoms with Crippen LogP contribution in [0.4, 0.5) is 0 Å². The summed E-state index contributed by atoms with van der Waals surface area (Å²) in [5.41, 5.74) is 0. The van der Waals surface area contributed by atoms with Crippen molar-refractivity contribution in [1.82, 2.24) is 5.09 Å². The second-order valence-corrected chi connectivity index (χ2v) is 3.64. The zero-order chi connectivity index (χ0) is 6.57. The molecule has 1 atom stereocenters. The molecule has 0 aromatic heterocycles. The Labute approximate surface area is 52.2 Å². The lowest BCUT2D eigenvalue weighted by molar-refractivity contribution is 0.578. The predicted octanol–water partition coefficient (Wildman–Crippen LogP) is 1.17. The Balaban J connectivity index is 2.93. The van der Waals surface area contributed by atoms with Gasteiger partial charge in [0, 0.05) is 6.54 Å². The molecule has 0 bridgehead atoms. The van der Waals surface area contributed by atoms with Gasteiger partial charge in [-0.1, -0.05) is 13.8 Å². The van der Waals surface area contributed by atoms with Crippen LogP contribution in [0, 0.1) is 5.92 Å². The summed E-state index contributed by atoms with van der Waals surface area (Å²) in [6, 6.07) is 0. The Morgan fingerprint density at radius 3 is 2.25 bits per heavy atom. The fourth-order valence-corrected chi connectivity index (χ4v) is 0.944. The van der Waals surface area contributed by atoms with E-state index in [1.165, 1.54) is 0 Å². The Bertz CT molecular complexity index is 48.4. The Morgan fingerprint density at radius 2 is 2.12 bits per heavy atom. The first-order chi connectivity index (χ1) is 3.63. The highest BCUT2D eigenvalue weighted by molar-refractivity contribution is 7.48. The van der Waals surface area contributed by atoms with Gasteiger partial charge >= 0.3 is 0 Å². The van der Waals surface area contributed by atoms with Crippen molar-refractivity contribution in [3.63, 3.8) is 0 Å². The average Bonchev–Trinajstić information content (AvgIpc) is 1.61. The molecule has 2 N–H and O–H groups in total. The number of hydrogen-bond donors (Lipinski definition) is 2. The smallest absolute Gasteiger partial charge is 0.0944 e. The van der Waals surface area contributed by atoms with Crippen molar-refractivity contribution >= 4 is 8.30 Å². The van der Waals surface area contributed by atoms with Crippen molar-refractivity contribution in [3.8, 4) is 0 Å². The molecule has 1 unspecified atom stereocenters. The summed E-state index contributed by atoms with van der Waals surface area (Å²) < 4.78 is 0. The molecule has 0 amide bonds. The molecule has 0 heterocycles. The predicted molar refractivity (Wildman–Crippen MR) is 37.9 cm³/mol. The number of hydrogen-bond acceptors (Lipinski definition) is 2. The van der Waals surface area contributed by atoms with Crippen molar-refractivity contribution < 1.29 is 4.89 Å². The van der Waals surface area contributed by atoms with Gasteiger partial charge in [-0.3, -0.25) is 5.09 Å². The molecule has 0 rings (SSSR count). The summed E-state index contributed by atoms with van der Waals surface area (Å²) in [5.74, 6) is 0.632. The maximum Gasteiger partial charge on any atom is 0.0944 e. The Morgan fingerprint density at radius 1 is 1.62 bits per heavy atom. The molecule has 50 valence electrons. The van der Waals surface area contributed by atoms with E-state index in [0.717, 1.165) is 6.54 Å². The second-order valence-electron chi connectivity index (χ2n) is 2.28. The summed E-state index contributed by atoms with van der Waals surface area (Å²) >= 11 is 0. The van der Waals surface area contributed by atoms with Crippen molar-refractivity contribution in [2.24, 2.45) is 5.92 Å². The molecular weight excluding hydrogens is 121 g/mol. The lowest BCUT2D eigenvalue weighted by Gasteiger charge is -2.07. The number of rotatable bonds is 3. The molecule has 0 fully saturated rings. The minimum atomic E-state index is -0.883. The van der Waals surface area contributed by atoms with Gasteiger partial charge in [0.05, 0.1) is 8.30 Å². The fraction of sp³-hybridized carbons (Fsp3) is 1.00. The van der Waals surface area contributed by atoms with Crippen LogP contribution in [0.5, 0.6) is 0 Å². The van der Waals surface area contributed by atoms with Crippen LogP contribution in [0.2, 0.25) is 0 Å². The van der Waals surface area contributed by atoms with Crippen molar-refractivity contribution in [1.29, 1.82) is 0 Å². The van der Waals surface area contributed by atoms with E-state index in [0.29, 0.717) is 5.92 Å². The van der Waals surface area contributed by atoms with Gasteiger partial charge in [0.2, 0.25) is 0 Å². The third-order valence-electron chi connectivity index (χ3n) is 0.728. The van der Waals surface area contributed by atoms with Gasteiger partial charge in [-0.25, -0.2) is 0 Å². The molecule has 0 aliphatic carbocycles. The van der Waals surface area contributed by atoms with Crippen LogP contribution in [0.15, 0.2) is 0 Å². The minimum Gasteiger partial charge on any atom is -0.359 e. The molecule has 8 heavy (non-hydrogen) atoms. The first-order valence-corrected chi connectivity index (χ1v) is 4.53. The number of nitrogens with one attached hydrogen (secondary N) is 1. The minimum absolute atomic E-state index is 0.632. The fourth-order valence-electron chi connectivity index (χ4n) is 0.315. The van der Waals surface area contributed by atoms with E-state index in [-0.39, 0.29) is 0 Å².